The van der Waals surface area contributed by atoms with Crippen LogP contribution in [0.5, 0.6) is 0 Å². The molecule has 1 aromatic carbocycles. The van der Waals surface area contributed by atoms with Crippen LogP contribution >= 0.6 is 0 Å². The number of esters is 1. The first-order valence-corrected chi connectivity index (χ1v) is 10.0. The van der Waals surface area contributed by atoms with E-state index in [0.29, 0.717) is 24.3 Å². The molecule has 9 heteroatoms. The van der Waals surface area contributed by atoms with Crippen LogP contribution in [-0.2, 0) is 19.1 Å². The van der Waals surface area contributed by atoms with Crippen LogP contribution in [-0.4, -0.2) is 46.9 Å². The third-order valence-electron chi connectivity index (χ3n) is 5.78. The maximum Gasteiger partial charge on any atom is 0.327 e. The Morgan fingerprint density at radius 2 is 2.00 bits per heavy atom. The number of carbonyl (C=O) groups excluding carboxylic acids is 4. The molecule has 8 nitrogen and oxygen atoms in total. The molecular weight excluding hydrogens is 393 g/mol. The van der Waals surface area contributed by atoms with Crippen LogP contribution < -0.4 is 10.6 Å². The number of anilines is 1. The van der Waals surface area contributed by atoms with Gasteiger partial charge in [0.15, 0.2) is 6.10 Å². The summed E-state index contributed by atoms with van der Waals surface area (Å²) in [5, 5.41) is 5.19. The monoisotopic (exact) mass is 419 g/mol. The van der Waals surface area contributed by atoms with Gasteiger partial charge in [-0.05, 0) is 63.1 Å². The van der Waals surface area contributed by atoms with E-state index < -0.39 is 47.8 Å². The number of benzene rings is 1. The van der Waals surface area contributed by atoms with E-state index in [2.05, 4.69) is 17.6 Å². The van der Waals surface area contributed by atoms with Gasteiger partial charge in [0.05, 0.1) is 0 Å². The molecule has 1 saturated heterocycles. The Kier molecular flexibility index (Phi) is 6.09. The normalized spacial score (nSPS) is 24.5. The summed E-state index contributed by atoms with van der Waals surface area (Å²) in [6.07, 6.45) is 1.53. The van der Waals surface area contributed by atoms with Crippen LogP contribution in [0.3, 0.4) is 0 Å². The van der Waals surface area contributed by atoms with Crippen LogP contribution in [0.4, 0.5) is 14.9 Å². The molecule has 4 amide bonds. The number of urea groups is 1. The first-order valence-electron chi connectivity index (χ1n) is 10.0. The summed E-state index contributed by atoms with van der Waals surface area (Å²) in [7, 11) is 0. The molecule has 1 aliphatic carbocycles. The molecule has 3 rings (SSSR count). The topological polar surface area (TPSA) is 105 Å². The van der Waals surface area contributed by atoms with Crippen molar-refractivity contribution in [3.05, 3.63) is 29.6 Å². The van der Waals surface area contributed by atoms with Gasteiger partial charge in [0.1, 0.15) is 17.9 Å². The molecule has 0 aromatic heterocycles. The van der Waals surface area contributed by atoms with Gasteiger partial charge in [-0.1, -0.05) is 13.0 Å². The predicted molar refractivity (Wildman–Crippen MR) is 106 cm³/mol. The quantitative estimate of drug-likeness (QED) is 0.564. The third kappa shape index (κ3) is 4.44. The minimum Gasteiger partial charge on any atom is -0.451 e. The van der Waals surface area contributed by atoms with Crippen LogP contribution in [0.1, 0.15) is 45.1 Å². The van der Waals surface area contributed by atoms with Crippen LogP contribution in [0.15, 0.2) is 18.2 Å². The number of imide groups is 1. The van der Waals surface area contributed by atoms with Gasteiger partial charge in [-0.2, -0.15) is 0 Å². The van der Waals surface area contributed by atoms with Gasteiger partial charge in [-0.25, -0.2) is 9.18 Å². The maximum absolute atomic E-state index is 13.6. The minimum absolute atomic E-state index is 0.230. The molecule has 0 bridgehead atoms. The zero-order chi connectivity index (χ0) is 22.1. The van der Waals surface area contributed by atoms with Crippen molar-refractivity contribution < 1.29 is 28.3 Å². The van der Waals surface area contributed by atoms with Gasteiger partial charge in [0.2, 0.25) is 0 Å². The van der Waals surface area contributed by atoms with E-state index in [1.807, 2.05) is 0 Å². The van der Waals surface area contributed by atoms with Gasteiger partial charge in [-0.15, -0.1) is 0 Å². The van der Waals surface area contributed by atoms with Crippen molar-refractivity contribution >= 4 is 29.5 Å². The van der Waals surface area contributed by atoms with E-state index in [0.717, 1.165) is 17.7 Å². The number of nitrogens with zero attached hydrogens (tertiary/aromatic N) is 1. The van der Waals surface area contributed by atoms with Crippen LogP contribution in [0, 0.1) is 18.7 Å². The molecule has 1 heterocycles. The Morgan fingerprint density at radius 3 is 2.63 bits per heavy atom. The second-order valence-corrected chi connectivity index (χ2v) is 8.17. The van der Waals surface area contributed by atoms with Gasteiger partial charge in [0.25, 0.3) is 11.8 Å². The van der Waals surface area contributed by atoms with Gasteiger partial charge < -0.3 is 15.4 Å². The number of aryl methyl sites for hydroxylation is 1. The largest absolute Gasteiger partial charge is 0.451 e. The Balaban J connectivity index is 1.55. The molecule has 30 heavy (non-hydrogen) atoms. The highest BCUT2D eigenvalue weighted by atomic mass is 19.1. The molecule has 2 N–H and O–H groups in total. The Hall–Kier alpha value is -2.97. The molecule has 2 aliphatic rings. The average molecular weight is 419 g/mol. The zero-order valence-electron chi connectivity index (χ0n) is 17.3. The number of amides is 4. The number of hydrogen-bond donors (Lipinski definition) is 2. The summed E-state index contributed by atoms with van der Waals surface area (Å²) >= 11 is 0. The second-order valence-electron chi connectivity index (χ2n) is 8.17. The van der Waals surface area contributed by atoms with Crippen LogP contribution in [0.25, 0.3) is 0 Å². The lowest BCUT2D eigenvalue weighted by molar-refractivity contribution is -0.155. The fraction of sp³-hybridized carbons (Fsp3) is 0.524. The maximum atomic E-state index is 13.6. The first-order chi connectivity index (χ1) is 14.1. The van der Waals surface area contributed by atoms with Crippen molar-refractivity contribution in [2.75, 3.05) is 11.9 Å². The molecule has 1 saturated carbocycles. The van der Waals surface area contributed by atoms with E-state index in [-0.39, 0.29) is 5.69 Å². The van der Waals surface area contributed by atoms with Crippen molar-refractivity contribution in [1.29, 1.82) is 0 Å². The van der Waals surface area contributed by atoms with Gasteiger partial charge in [0, 0.05) is 5.69 Å². The summed E-state index contributed by atoms with van der Waals surface area (Å²) in [6, 6.07) is 3.59. The smallest absolute Gasteiger partial charge is 0.327 e. The molecule has 162 valence electrons. The average Bonchev–Trinajstić information content (AvgIpc) is 2.91. The van der Waals surface area contributed by atoms with Crippen molar-refractivity contribution in [1.82, 2.24) is 10.2 Å². The molecule has 2 fully saturated rings. The van der Waals surface area contributed by atoms with Gasteiger partial charge >= 0.3 is 12.0 Å². The predicted octanol–water partition coefficient (Wildman–Crippen LogP) is 2.51. The summed E-state index contributed by atoms with van der Waals surface area (Å²) in [5.41, 5.74) is -0.276. The Morgan fingerprint density at radius 1 is 1.33 bits per heavy atom. The molecule has 1 aliphatic heterocycles. The fourth-order valence-electron chi connectivity index (χ4n) is 3.75. The summed E-state index contributed by atoms with van der Waals surface area (Å²) in [4.78, 5) is 50.3. The summed E-state index contributed by atoms with van der Waals surface area (Å²) in [5.74, 6) is -1.94. The standard InChI is InChI=1S/C21H26FN3O5/c1-12-6-8-21(9-7-12)19(28)25(20(29)24-21)11-17(26)30-14(3)18(27)23-15-5-4-13(2)16(22)10-15/h4-5,10,12,14H,6-9,11H2,1-3H3,(H,23,27)(H,24,29). The highest BCUT2D eigenvalue weighted by Gasteiger charge is 2.52. The Bertz CT molecular complexity index is 879. The number of nitrogens with one attached hydrogen (secondary N) is 2. The first kappa shape index (κ1) is 21.7. The van der Waals surface area contributed by atoms with Crippen LogP contribution in [0.2, 0.25) is 0 Å². The van der Waals surface area contributed by atoms with E-state index in [1.165, 1.54) is 25.1 Å². The Labute approximate surface area is 174 Å². The van der Waals surface area contributed by atoms with Crippen molar-refractivity contribution in [2.24, 2.45) is 5.92 Å². The van der Waals surface area contributed by atoms with E-state index in [1.54, 1.807) is 6.92 Å². The molecule has 1 unspecified atom stereocenters. The van der Waals surface area contributed by atoms with Gasteiger partial charge in [-0.3, -0.25) is 19.3 Å². The lowest BCUT2D eigenvalue weighted by Gasteiger charge is -2.33. The molecule has 1 aromatic rings. The number of rotatable bonds is 5. The van der Waals surface area contributed by atoms with E-state index >= 15 is 0 Å². The number of hydrogen-bond acceptors (Lipinski definition) is 5. The molecule has 0 radical (unpaired) electrons. The van der Waals surface area contributed by atoms with Crippen molar-refractivity contribution in [2.45, 2.75) is 58.1 Å². The fourth-order valence-corrected chi connectivity index (χ4v) is 3.75. The molecular formula is C21H26FN3O5. The summed E-state index contributed by atoms with van der Waals surface area (Å²) < 4.78 is 18.7. The lowest BCUT2D eigenvalue weighted by Crippen LogP contribution is -2.49. The third-order valence-corrected chi connectivity index (χ3v) is 5.78. The number of carbonyl (C=O) groups is 4. The highest BCUT2D eigenvalue weighted by Crippen LogP contribution is 2.36. The van der Waals surface area contributed by atoms with Crippen molar-refractivity contribution in [3.8, 4) is 0 Å². The van der Waals surface area contributed by atoms with Crippen molar-refractivity contribution in [3.63, 3.8) is 0 Å². The molecule has 1 spiro atoms. The number of halogens is 1. The SMILES string of the molecule is Cc1ccc(NC(=O)C(C)OC(=O)CN2C(=O)NC3(CCC(C)CC3)C2=O)cc1F. The second kappa shape index (κ2) is 8.41. The highest BCUT2D eigenvalue weighted by molar-refractivity contribution is 6.08. The summed E-state index contributed by atoms with van der Waals surface area (Å²) in [6.45, 7) is 4.48. The lowest BCUT2D eigenvalue weighted by atomic mass is 9.77. The molecule has 1 atom stereocenters. The zero-order valence-corrected chi connectivity index (χ0v) is 17.3. The van der Waals surface area contributed by atoms with E-state index in [9.17, 15) is 23.6 Å². The number of ether oxygens (including phenoxy) is 1. The minimum atomic E-state index is -1.19. The van der Waals surface area contributed by atoms with E-state index in [4.69, 9.17) is 4.74 Å².